The van der Waals surface area contributed by atoms with E-state index in [1.165, 1.54) is 4.31 Å². The van der Waals surface area contributed by atoms with Crippen LogP contribution in [0.5, 0.6) is 0 Å². The molecule has 0 aliphatic carbocycles. The summed E-state index contributed by atoms with van der Waals surface area (Å²) in [6, 6.07) is 0. The van der Waals surface area contributed by atoms with Gasteiger partial charge in [0.05, 0.1) is 0 Å². The molecule has 1 aliphatic rings. The molecule has 0 bridgehead atoms. The number of hydrogen-bond donors (Lipinski definition) is 1. The van der Waals surface area contributed by atoms with Crippen LogP contribution in [0.1, 0.15) is 19.3 Å². The molecule has 6 nitrogen and oxygen atoms in total. The van der Waals surface area contributed by atoms with Gasteiger partial charge in [0.25, 0.3) is 0 Å². The van der Waals surface area contributed by atoms with Gasteiger partial charge in [-0.15, -0.1) is 0 Å². The fraction of sp³-hybridized carbons (Fsp3) is 0.556. The van der Waals surface area contributed by atoms with Crippen molar-refractivity contribution in [1.29, 1.82) is 0 Å². The van der Waals surface area contributed by atoms with E-state index in [9.17, 15) is 8.42 Å². The lowest BCUT2D eigenvalue weighted by Crippen LogP contribution is -2.39. The Morgan fingerprint density at radius 1 is 1.17 bits per heavy atom. The maximum absolute atomic E-state index is 12.1. The summed E-state index contributed by atoms with van der Waals surface area (Å²) in [5, 5.41) is 0.0164. The Hall–Kier alpha value is -0.630. The Labute approximate surface area is 116 Å². The topological polar surface area (TPSA) is 75.2 Å². The first-order valence-electron chi connectivity index (χ1n) is 5.44. The molecule has 2 rings (SSSR count). The van der Waals surface area contributed by atoms with Crippen LogP contribution in [0.2, 0.25) is 10.2 Å². The first-order chi connectivity index (χ1) is 8.50. The van der Waals surface area contributed by atoms with Crippen molar-refractivity contribution < 1.29 is 8.42 Å². The second-order valence-electron chi connectivity index (χ2n) is 3.89. The number of anilines is 1. The van der Waals surface area contributed by atoms with E-state index in [2.05, 4.69) is 14.7 Å². The highest BCUT2D eigenvalue weighted by molar-refractivity contribution is 7.90. The molecule has 1 aromatic heterocycles. The lowest BCUT2D eigenvalue weighted by Gasteiger charge is -2.26. The van der Waals surface area contributed by atoms with Crippen molar-refractivity contribution in [3.05, 3.63) is 16.5 Å². The number of nitrogens with one attached hydrogen (secondary N) is 1. The van der Waals surface area contributed by atoms with Crippen LogP contribution in [-0.4, -0.2) is 35.8 Å². The molecule has 0 saturated carbocycles. The van der Waals surface area contributed by atoms with Crippen LogP contribution >= 0.6 is 23.2 Å². The van der Waals surface area contributed by atoms with Crippen molar-refractivity contribution in [3.63, 3.8) is 0 Å². The summed E-state index contributed by atoms with van der Waals surface area (Å²) in [4.78, 5) is 7.43. The van der Waals surface area contributed by atoms with Gasteiger partial charge in [0.1, 0.15) is 11.3 Å². The Morgan fingerprint density at radius 3 is 2.50 bits per heavy atom. The molecule has 0 amide bonds. The number of piperidine rings is 1. The number of nitrogens with zero attached hydrogens (tertiary/aromatic N) is 3. The molecule has 18 heavy (non-hydrogen) atoms. The van der Waals surface area contributed by atoms with E-state index in [0.717, 1.165) is 25.6 Å². The maximum Gasteiger partial charge on any atom is 0.302 e. The molecule has 0 radical (unpaired) electrons. The van der Waals surface area contributed by atoms with E-state index in [0.29, 0.717) is 13.1 Å². The molecule has 1 aromatic rings. The SMILES string of the molecule is O=S(=O)(Nc1ncnc(Cl)c1Cl)N1CCCCC1. The fourth-order valence-corrected chi connectivity index (χ4v) is 3.31. The zero-order chi connectivity index (χ0) is 13.2. The average molecular weight is 311 g/mol. The van der Waals surface area contributed by atoms with Gasteiger partial charge in [-0.1, -0.05) is 29.6 Å². The summed E-state index contributed by atoms with van der Waals surface area (Å²) < 4.78 is 27.8. The number of halogens is 2. The third kappa shape index (κ3) is 3.03. The van der Waals surface area contributed by atoms with Gasteiger partial charge in [0.2, 0.25) is 0 Å². The predicted octanol–water partition coefficient (Wildman–Crippen LogP) is 1.93. The smallest absolute Gasteiger partial charge is 0.253 e. The molecule has 1 fully saturated rings. The first-order valence-corrected chi connectivity index (χ1v) is 7.64. The number of aromatic nitrogens is 2. The summed E-state index contributed by atoms with van der Waals surface area (Å²) in [6.07, 6.45) is 3.92. The molecule has 0 unspecified atom stereocenters. The molecule has 0 aromatic carbocycles. The summed E-state index contributed by atoms with van der Waals surface area (Å²) >= 11 is 11.5. The summed E-state index contributed by atoms with van der Waals surface area (Å²) in [5.74, 6) is 0.00207. The van der Waals surface area contributed by atoms with Crippen LogP contribution in [0, 0.1) is 0 Å². The van der Waals surface area contributed by atoms with Crippen molar-refractivity contribution >= 4 is 39.2 Å². The average Bonchev–Trinajstić information content (AvgIpc) is 2.36. The second-order valence-corrected chi connectivity index (χ2v) is 6.30. The third-order valence-electron chi connectivity index (χ3n) is 2.63. The highest BCUT2D eigenvalue weighted by Gasteiger charge is 2.25. The minimum absolute atomic E-state index is 0.000230. The molecule has 100 valence electrons. The maximum atomic E-state index is 12.1. The Bertz CT molecular complexity index is 531. The Balaban J connectivity index is 2.19. The van der Waals surface area contributed by atoms with Crippen molar-refractivity contribution in [3.8, 4) is 0 Å². The molecule has 1 N–H and O–H groups in total. The number of hydrogen-bond acceptors (Lipinski definition) is 4. The van der Waals surface area contributed by atoms with E-state index >= 15 is 0 Å². The largest absolute Gasteiger partial charge is 0.302 e. The zero-order valence-electron chi connectivity index (χ0n) is 9.44. The van der Waals surface area contributed by atoms with E-state index in [-0.39, 0.29) is 16.0 Å². The van der Waals surface area contributed by atoms with Crippen molar-refractivity contribution in [1.82, 2.24) is 14.3 Å². The molecular weight excluding hydrogens is 299 g/mol. The van der Waals surface area contributed by atoms with Crippen LogP contribution in [0.4, 0.5) is 5.82 Å². The van der Waals surface area contributed by atoms with E-state index in [4.69, 9.17) is 23.2 Å². The molecule has 0 spiro atoms. The predicted molar refractivity (Wildman–Crippen MR) is 70.0 cm³/mol. The van der Waals surface area contributed by atoms with Crippen molar-refractivity contribution in [2.24, 2.45) is 0 Å². The quantitative estimate of drug-likeness (QED) is 0.866. The lowest BCUT2D eigenvalue weighted by atomic mass is 10.2. The summed E-state index contributed by atoms with van der Waals surface area (Å²) in [5.41, 5.74) is 0. The van der Waals surface area contributed by atoms with Gasteiger partial charge >= 0.3 is 10.2 Å². The highest BCUT2D eigenvalue weighted by atomic mass is 35.5. The normalized spacial score (nSPS) is 17.7. The van der Waals surface area contributed by atoms with Gasteiger partial charge in [-0.3, -0.25) is 4.72 Å². The van der Waals surface area contributed by atoms with Crippen LogP contribution in [-0.2, 0) is 10.2 Å². The Morgan fingerprint density at radius 2 is 1.83 bits per heavy atom. The lowest BCUT2D eigenvalue weighted by molar-refractivity contribution is 0.349. The van der Waals surface area contributed by atoms with Gasteiger partial charge < -0.3 is 0 Å². The van der Waals surface area contributed by atoms with E-state index < -0.39 is 10.2 Å². The van der Waals surface area contributed by atoms with Crippen LogP contribution in [0.15, 0.2) is 6.33 Å². The van der Waals surface area contributed by atoms with E-state index in [1.54, 1.807) is 0 Å². The van der Waals surface area contributed by atoms with Crippen LogP contribution in [0.25, 0.3) is 0 Å². The molecule has 9 heteroatoms. The van der Waals surface area contributed by atoms with Crippen molar-refractivity contribution in [2.75, 3.05) is 17.8 Å². The fourth-order valence-electron chi connectivity index (χ4n) is 1.71. The Kier molecular flexibility index (Phi) is 4.26. The van der Waals surface area contributed by atoms with Crippen LogP contribution in [0.3, 0.4) is 0 Å². The monoisotopic (exact) mass is 310 g/mol. The minimum Gasteiger partial charge on any atom is -0.253 e. The first kappa shape index (κ1) is 13.8. The second kappa shape index (κ2) is 5.56. The molecule has 2 heterocycles. The zero-order valence-corrected chi connectivity index (χ0v) is 11.8. The number of rotatable bonds is 3. The minimum atomic E-state index is -3.63. The molecule has 0 atom stereocenters. The third-order valence-corrected chi connectivity index (χ3v) is 4.87. The standard InChI is InChI=1S/C9H12Cl2N4O2S/c10-7-8(11)12-6-13-9(7)14-18(16,17)15-4-2-1-3-5-15/h6H,1-5H2,(H,12,13,14). The van der Waals surface area contributed by atoms with Gasteiger partial charge in [-0.05, 0) is 12.8 Å². The van der Waals surface area contributed by atoms with Gasteiger partial charge in [0.15, 0.2) is 11.0 Å². The van der Waals surface area contributed by atoms with Gasteiger partial charge in [-0.25, -0.2) is 9.97 Å². The molecule has 1 saturated heterocycles. The molecular formula is C9H12Cl2N4O2S. The van der Waals surface area contributed by atoms with Crippen LogP contribution < -0.4 is 4.72 Å². The van der Waals surface area contributed by atoms with Crippen molar-refractivity contribution in [2.45, 2.75) is 19.3 Å². The summed E-state index contributed by atoms with van der Waals surface area (Å²) in [6.45, 7) is 1.01. The van der Waals surface area contributed by atoms with Gasteiger partial charge in [0, 0.05) is 13.1 Å². The highest BCUT2D eigenvalue weighted by Crippen LogP contribution is 2.27. The summed E-state index contributed by atoms with van der Waals surface area (Å²) in [7, 11) is -3.63. The van der Waals surface area contributed by atoms with E-state index in [1.807, 2.05) is 0 Å². The van der Waals surface area contributed by atoms with Gasteiger partial charge in [-0.2, -0.15) is 12.7 Å². The molecule has 1 aliphatic heterocycles.